The summed E-state index contributed by atoms with van der Waals surface area (Å²) in [7, 11) is 0. The lowest BCUT2D eigenvalue weighted by molar-refractivity contribution is -0.136. The van der Waals surface area contributed by atoms with Gasteiger partial charge in [0.1, 0.15) is 6.10 Å². The average Bonchev–Trinajstić information content (AvgIpc) is 2.48. The summed E-state index contributed by atoms with van der Waals surface area (Å²) in [5, 5.41) is 5.11. The summed E-state index contributed by atoms with van der Waals surface area (Å²) >= 11 is 0. The Bertz CT molecular complexity index is 399. The average molecular weight is 297 g/mol. The van der Waals surface area contributed by atoms with Crippen LogP contribution in [0.1, 0.15) is 44.9 Å². The second kappa shape index (κ2) is 7.40. The molecule has 0 aromatic rings. The molecule has 1 aliphatic heterocycles. The second-order valence-electron chi connectivity index (χ2n) is 5.77. The first kappa shape index (κ1) is 15.8. The first-order valence-corrected chi connectivity index (χ1v) is 7.58. The summed E-state index contributed by atoms with van der Waals surface area (Å²) in [4.78, 5) is 34.4. The van der Waals surface area contributed by atoms with E-state index in [9.17, 15) is 14.4 Å². The minimum Gasteiger partial charge on any atom is -0.368 e. The van der Waals surface area contributed by atoms with Gasteiger partial charge in [0.05, 0.1) is 0 Å². The van der Waals surface area contributed by atoms with Crippen molar-refractivity contribution in [3.05, 3.63) is 0 Å². The Labute approximate surface area is 124 Å². The first-order valence-electron chi connectivity index (χ1n) is 7.58. The molecule has 21 heavy (non-hydrogen) atoms. The summed E-state index contributed by atoms with van der Waals surface area (Å²) in [6.45, 7) is 0.651. The number of primary amides is 1. The molecule has 2 rings (SSSR count). The van der Waals surface area contributed by atoms with Crippen molar-refractivity contribution in [1.82, 2.24) is 10.6 Å². The number of hydrogen-bond donors (Lipinski definition) is 3. The fourth-order valence-electron chi connectivity index (χ4n) is 2.97. The number of nitrogens with two attached hydrogens (primary N) is 1. The van der Waals surface area contributed by atoms with Crippen LogP contribution in [0.2, 0.25) is 0 Å². The zero-order valence-corrected chi connectivity index (χ0v) is 12.1. The van der Waals surface area contributed by atoms with E-state index < -0.39 is 6.03 Å². The van der Waals surface area contributed by atoms with Gasteiger partial charge in [0.2, 0.25) is 11.8 Å². The number of imide groups is 1. The summed E-state index contributed by atoms with van der Waals surface area (Å²) in [5.41, 5.74) is 4.93. The van der Waals surface area contributed by atoms with Gasteiger partial charge in [0.25, 0.3) is 0 Å². The van der Waals surface area contributed by atoms with Crippen molar-refractivity contribution in [3.63, 3.8) is 0 Å². The predicted molar refractivity (Wildman–Crippen MR) is 75.2 cm³/mol. The molecular formula is C14H23N3O4. The Morgan fingerprint density at radius 2 is 1.67 bits per heavy atom. The zero-order chi connectivity index (χ0) is 15.2. The Morgan fingerprint density at radius 3 is 2.24 bits per heavy atom. The Morgan fingerprint density at radius 1 is 0.952 bits per heavy atom. The fraction of sp³-hybridized carbons (Fsp3) is 0.786. The van der Waals surface area contributed by atoms with Crippen LogP contribution >= 0.6 is 0 Å². The van der Waals surface area contributed by atoms with Crippen LogP contribution in [-0.2, 0) is 14.3 Å². The Kier molecular flexibility index (Phi) is 5.55. The van der Waals surface area contributed by atoms with Gasteiger partial charge in [-0.2, -0.15) is 0 Å². The van der Waals surface area contributed by atoms with E-state index in [4.69, 9.17) is 10.5 Å². The van der Waals surface area contributed by atoms with Crippen LogP contribution in [0.5, 0.6) is 0 Å². The van der Waals surface area contributed by atoms with Crippen LogP contribution in [0.25, 0.3) is 0 Å². The van der Waals surface area contributed by atoms with Crippen LogP contribution in [0.4, 0.5) is 4.79 Å². The molecule has 1 atom stereocenters. The van der Waals surface area contributed by atoms with Crippen molar-refractivity contribution in [2.45, 2.75) is 57.1 Å². The third-order valence-electron chi connectivity index (χ3n) is 4.16. The minimum atomic E-state index is -0.815. The number of rotatable bonds is 3. The molecule has 1 aliphatic carbocycles. The standard InChI is InChI=1S/C14H23N3O4/c15-14(20)17-12(18)9-4-6-10(7-5-9)16-13(19)11-3-1-2-8-21-11/h9-11H,1-8H2,(H,16,19)(H3,15,17,18,20). The lowest BCUT2D eigenvalue weighted by Crippen LogP contribution is -2.46. The van der Waals surface area contributed by atoms with Crippen LogP contribution in [0, 0.1) is 5.92 Å². The molecule has 1 saturated carbocycles. The van der Waals surface area contributed by atoms with Crippen LogP contribution in [0.3, 0.4) is 0 Å². The third-order valence-corrected chi connectivity index (χ3v) is 4.16. The monoisotopic (exact) mass is 297 g/mol. The first-order chi connectivity index (χ1) is 10.1. The summed E-state index contributed by atoms with van der Waals surface area (Å²) in [5.74, 6) is -0.556. The largest absolute Gasteiger partial charge is 0.368 e. The van der Waals surface area contributed by atoms with E-state index in [0.29, 0.717) is 19.4 Å². The van der Waals surface area contributed by atoms with Gasteiger partial charge in [0, 0.05) is 18.6 Å². The zero-order valence-electron chi connectivity index (χ0n) is 12.1. The van der Waals surface area contributed by atoms with Crippen LogP contribution < -0.4 is 16.4 Å². The van der Waals surface area contributed by atoms with E-state index >= 15 is 0 Å². The van der Waals surface area contributed by atoms with Gasteiger partial charge in [-0.15, -0.1) is 0 Å². The molecule has 2 aliphatic rings. The van der Waals surface area contributed by atoms with Gasteiger partial charge in [-0.05, 0) is 44.9 Å². The second-order valence-corrected chi connectivity index (χ2v) is 5.77. The molecule has 0 aromatic carbocycles. The van der Waals surface area contributed by atoms with Gasteiger partial charge in [0.15, 0.2) is 0 Å². The Hall–Kier alpha value is -1.63. The van der Waals surface area contributed by atoms with Gasteiger partial charge < -0.3 is 15.8 Å². The maximum Gasteiger partial charge on any atom is 0.318 e. The smallest absolute Gasteiger partial charge is 0.318 e. The van der Waals surface area contributed by atoms with Crippen molar-refractivity contribution < 1.29 is 19.1 Å². The number of ether oxygens (including phenoxy) is 1. The van der Waals surface area contributed by atoms with Gasteiger partial charge in [-0.25, -0.2) is 4.79 Å². The lowest BCUT2D eigenvalue weighted by atomic mass is 9.85. The molecule has 0 radical (unpaired) electrons. The van der Waals surface area contributed by atoms with Gasteiger partial charge in [-0.3, -0.25) is 14.9 Å². The maximum absolute atomic E-state index is 12.1. The number of carbonyl (C=O) groups is 3. The molecule has 4 amide bonds. The number of nitrogens with one attached hydrogen (secondary N) is 2. The van der Waals surface area contributed by atoms with Crippen molar-refractivity contribution >= 4 is 17.8 Å². The molecule has 1 unspecified atom stereocenters. The highest BCUT2D eigenvalue weighted by atomic mass is 16.5. The molecule has 0 bridgehead atoms. The molecule has 2 fully saturated rings. The summed E-state index contributed by atoms with van der Waals surface area (Å²) in [6, 6.07) is -0.731. The minimum absolute atomic E-state index is 0.0419. The van der Waals surface area contributed by atoms with Crippen molar-refractivity contribution in [3.8, 4) is 0 Å². The van der Waals surface area contributed by atoms with Crippen LogP contribution in [-0.4, -0.2) is 36.6 Å². The molecule has 0 aromatic heterocycles. The van der Waals surface area contributed by atoms with E-state index in [1.165, 1.54) is 0 Å². The normalized spacial score (nSPS) is 29.4. The van der Waals surface area contributed by atoms with E-state index in [0.717, 1.165) is 32.1 Å². The number of hydrogen-bond acceptors (Lipinski definition) is 4. The van der Waals surface area contributed by atoms with Crippen molar-refractivity contribution in [2.24, 2.45) is 11.7 Å². The van der Waals surface area contributed by atoms with Gasteiger partial charge >= 0.3 is 6.03 Å². The molecule has 0 spiro atoms. The lowest BCUT2D eigenvalue weighted by Gasteiger charge is -2.30. The molecule has 4 N–H and O–H groups in total. The highest BCUT2D eigenvalue weighted by Crippen LogP contribution is 2.25. The Balaban J connectivity index is 1.72. The van der Waals surface area contributed by atoms with E-state index in [2.05, 4.69) is 10.6 Å². The highest BCUT2D eigenvalue weighted by molar-refractivity contribution is 5.94. The quantitative estimate of drug-likeness (QED) is 0.701. The SMILES string of the molecule is NC(=O)NC(=O)C1CCC(NC(=O)C2CCCCO2)CC1. The van der Waals surface area contributed by atoms with Crippen molar-refractivity contribution in [2.75, 3.05) is 6.61 Å². The topological polar surface area (TPSA) is 111 Å². The molecule has 7 nitrogen and oxygen atoms in total. The number of amides is 4. The van der Waals surface area contributed by atoms with Gasteiger partial charge in [-0.1, -0.05) is 0 Å². The number of carbonyl (C=O) groups excluding carboxylic acids is 3. The maximum atomic E-state index is 12.1. The molecule has 1 heterocycles. The third kappa shape index (κ3) is 4.70. The number of urea groups is 1. The van der Waals surface area contributed by atoms with E-state index in [1.807, 2.05) is 0 Å². The fourth-order valence-corrected chi connectivity index (χ4v) is 2.97. The molecule has 1 saturated heterocycles. The molecule has 7 heteroatoms. The summed E-state index contributed by atoms with van der Waals surface area (Å²) < 4.78 is 5.46. The van der Waals surface area contributed by atoms with Crippen LogP contribution in [0.15, 0.2) is 0 Å². The molecular weight excluding hydrogens is 274 g/mol. The summed E-state index contributed by atoms with van der Waals surface area (Å²) in [6.07, 6.45) is 5.26. The van der Waals surface area contributed by atoms with E-state index in [-0.39, 0.29) is 29.9 Å². The predicted octanol–water partition coefficient (Wildman–Crippen LogP) is 0.425. The highest BCUT2D eigenvalue weighted by Gasteiger charge is 2.29. The molecule has 118 valence electrons. The van der Waals surface area contributed by atoms with E-state index in [1.54, 1.807) is 0 Å². The van der Waals surface area contributed by atoms with Crippen molar-refractivity contribution in [1.29, 1.82) is 0 Å².